The van der Waals surface area contributed by atoms with Gasteiger partial charge in [-0.2, -0.15) is 0 Å². The third-order valence-corrected chi connectivity index (χ3v) is 4.45. The number of hydrogen-bond donors (Lipinski definition) is 2. The molecular weight excluding hydrogens is 405 g/mol. The van der Waals surface area contributed by atoms with E-state index in [0.717, 1.165) is 56.4 Å². The van der Waals surface area contributed by atoms with Gasteiger partial charge in [0.15, 0.2) is 5.96 Å². The monoisotopic (exact) mass is 439 g/mol. The van der Waals surface area contributed by atoms with Crippen LogP contribution in [0.4, 0.5) is 0 Å². The molecule has 0 atom stereocenters. The summed E-state index contributed by atoms with van der Waals surface area (Å²) in [4.78, 5) is 4.82. The fraction of sp³-hybridized carbons (Fsp3) is 0.941. The second-order valence-corrected chi connectivity index (χ2v) is 6.44. The van der Waals surface area contributed by atoms with Gasteiger partial charge in [0, 0.05) is 33.4 Å². The predicted molar refractivity (Wildman–Crippen MR) is 106 cm³/mol. The van der Waals surface area contributed by atoms with Crippen LogP contribution in [0.2, 0.25) is 0 Å². The molecule has 0 aromatic rings. The number of ether oxygens (including phenoxy) is 2. The maximum absolute atomic E-state index is 5.47. The summed E-state index contributed by atoms with van der Waals surface area (Å²) in [7, 11) is 1.70. The topological polar surface area (TPSA) is 54.9 Å². The van der Waals surface area contributed by atoms with Crippen molar-refractivity contribution >= 4 is 29.9 Å². The van der Waals surface area contributed by atoms with Gasteiger partial charge in [-0.15, -0.1) is 24.0 Å². The molecule has 6 heteroatoms. The molecule has 2 fully saturated rings. The number of hydrogen-bond acceptors (Lipinski definition) is 3. The van der Waals surface area contributed by atoms with Gasteiger partial charge in [0.1, 0.15) is 0 Å². The van der Waals surface area contributed by atoms with E-state index in [1.54, 1.807) is 7.11 Å². The number of rotatable bonds is 12. The number of methoxy groups -OCH3 is 1. The maximum Gasteiger partial charge on any atom is 0.191 e. The van der Waals surface area contributed by atoms with Crippen LogP contribution in [0.1, 0.15) is 39.0 Å². The highest BCUT2D eigenvalue weighted by molar-refractivity contribution is 14.0. The molecule has 2 rings (SSSR count). The molecular formula is C17H34IN3O2. The van der Waals surface area contributed by atoms with E-state index in [0.29, 0.717) is 13.2 Å². The Hall–Kier alpha value is -0.0800. The zero-order valence-corrected chi connectivity index (χ0v) is 17.0. The Balaban J connectivity index is 0.00000264. The molecule has 2 saturated carbocycles. The molecule has 2 N–H and O–H groups in total. The Morgan fingerprint density at radius 1 is 1.09 bits per heavy atom. The highest BCUT2D eigenvalue weighted by Gasteiger charge is 2.41. The minimum absolute atomic E-state index is 0. The maximum atomic E-state index is 5.47. The lowest BCUT2D eigenvalue weighted by atomic mass is 9.98. The van der Waals surface area contributed by atoms with Gasteiger partial charge < -0.3 is 20.1 Å². The minimum atomic E-state index is 0. The fourth-order valence-electron chi connectivity index (χ4n) is 2.90. The Morgan fingerprint density at radius 3 is 2.35 bits per heavy atom. The van der Waals surface area contributed by atoms with E-state index in [9.17, 15) is 0 Å². The van der Waals surface area contributed by atoms with Crippen molar-refractivity contribution in [3.63, 3.8) is 0 Å². The number of aliphatic imine (C=N–C) groups is 1. The molecule has 2 aliphatic carbocycles. The molecule has 0 radical (unpaired) electrons. The van der Waals surface area contributed by atoms with Crippen molar-refractivity contribution in [2.45, 2.75) is 39.0 Å². The molecule has 2 aliphatic rings. The Bertz CT molecular complexity index is 322. The van der Waals surface area contributed by atoms with Crippen LogP contribution in [-0.4, -0.2) is 52.5 Å². The van der Waals surface area contributed by atoms with Gasteiger partial charge in [0.2, 0.25) is 0 Å². The Morgan fingerprint density at radius 2 is 1.78 bits per heavy atom. The number of halogens is 1. The molecule has 0 bridgehead atoms. The van der Waals surface area contributed by atoms with Gasteiger partial charge in [0.25, 0.3) is 0 Å². The van der Waals surface area contributed by atoms with Gasteiger partial charge in [-0.05, 0) is 56.8 Å². The van der Waals surface area contributed by atoms with E-state index in [-0.39, 0.29) is 24.0 Å². The van der Waals surface area contributed by atoms with Crippen molar-refractivity contribution in [1.29, 1.82) is 0 Å². The van der Waals surface area contributed by atoms with Crippen LogP contribution in [0.3, 0.4) is 0 Å². The summed E-state index contributed by atoms with van der Waals surface area (Å²) in [5.74, 6) is 3.74. The third-order valence-electron chi connectivity index (χ3n) is 4.45. The normalized spacial score (nSPS) is 18.0. The van der Waals surface area contributed by atoms with E-state index >= 15 is 0 Å². The molecule has 0 saturated heterocycles. The van der Waals surface area contributed by atoms with Crippen molar-refractivity contribution in [2.24, 2.45) is 22.7 Å². The summed E-state index contributed by atoms with van der Waals surface area (Å²) < 4.78 is 10.4. The number of nitrogens with one attached hydrogen (secondary N) is 2. The lowest BCUT2D eigenvalue weighted by Crippen LogP contribution is -2.38. The van der Waals surface area contributed by atoms with Crippen molar-refractivity contribution in [2.75, 3.05) is 46.6 Å². The van der Waals surface area contributed by atoms with Crippen LogP contribution < -0.4 is 10.6 Å². The lowest BCUT2D eigenvalue weighted by molar-refractivity contribution is 0.0698. The number of nitrogens with zero attached hydrogens (tertiary/aromatic N) is 1. The molecule has 23 heavy (non-hydrogen) atoms. The quantitative estimate of drug-likeness (QED) is 0.213. The smallest absolute Gasteiger partial charge is 0.191 e. The van der Waals surface area contributed by atoms with Crippen molar-refractivity contribution < 1.29 is 9.47 Å². The molecule has 0 aromatic heterocycles. The van der Waals surface area contributed by atoms with E-state index in [1.807, 2.05) is 0 Å². The van der Waals surface area contributed by atoms with E-state index in [4.69, 9.17) is 14.5 Å². The van der Waals surface area contributed by atoms with E-state index in [2.05, 4.69) is 17.6 Å². The van der Waals surface area contributed by atoms with Crippen LogP contribution in [0.5, 0.6) is 0 Å². The summed E-state index contributed by atoms with van der Waals surface area (Å²) in [6.07, 6.45) is 6.71. The second-order valence-electron chi connectivity index (χ2n) is 6.44. The molecule has 0 amide bonds. The van der Waals surface area contributed by atoms with Crippen molar-refractivity contribution in [3.05, 3.63) is 0 Å². The zero-order valence-electron chi connectivity index (χ0n) is 14.7. The SMILES string of the molecule is CCNC(=NCC(C1CC1)C1CC1)NCCCOCCOC.I. The van der Waals surface area contributed by atoms with Crippen LogP contribution in [0, 0.1) is 17.8 Å². The van der Waals surface area contributed by atoms with Crippen molar-refractivity contribution in [3.8, 4) is 0 Å². The molecule has 136 valence electrons. The standard InChI is InChI=1S/C17H33N3O2.HI/c1-3-18-17(19-9-4-10-22-12-11-21-2)20-13-16(14-5-6-14)15-7-8-15;/h14-16H,3-13H2,1-2H3,(H2,18,19,20);1H. The number of guanidine groups is 1. The van der Waals surface area contributed by atoms with Gasteiger partial charge in [-0.25, -0.2) is 0 Å². The third kappa shape index (κ3) is 9.10. The molecule has 0 spiro atoms. The van der Waals surface area contributed by atoms with Crippen LogP contribution in [0.25, 0.3) is 0 Å². The van der Waals surface area contributed by atoms with Gasteiger partial charge in [-0.1, -0.05) is 0 Å². The highest BCUT2D eigenvalue weighted by atomic mass is 127. The average Bonchev–Trinajstić information content (AvgIpc) is 3.39. The molecule has 0 unspecified atom stereocenters. The van der Waals surface area contributed by atoms with Crippen LogP contribution in [-0.2, 0) is 9.47 Å². The summed E-state index contributed by atoms with van der Waals surface area (Å²) in [5.41, 5.74) is 0. The molecule has 0 heterocycles. The largest absolute Gasteiger partial charge is 0.382 e. The van der Waals surface area contributed by atoms with E-state index < -0.39 is 0 Å². The Labute approximate surface area is 158 Å². The van der Waals surface area contributed by atoms with Crippen molar-refractivity contribution in [1.82, 2.24) is 10.6 Å². The van der Waals surface area contributed by atoms with E-state index in [1.165, 1.54) is 25.7 Å². The zero-order chi connectivity index (χ0) is 15.6. The first-order valence-corrected chi connectivity index (χ1v) is 8.94. The summed E-state index contributed by atoms with van der Waals surface area (Å²) in [5, 5.41) is 6.76. The minimum Gasteiger partial charge on any atom is -0.382 e. The first-order valence-electron chi connectivity index (χ1n) is 8.94. The first-order chi connectivity index (χ1) is 10.8. The summed E-state index contributed by atoms with van der Waals surface area (Å²) in [6, 6.07) is 0. The van der Waals surface area contributed by atoms with Gasteiger partial charge in [0.05, 0.1) is 13.2 Å². The average molecular weight is 439 g/mol. The summed E-state index contributed by atoms with van der Waals surface area (Å²) in [6.45, 7) is 7.03. The van der Waals surface area contributed by atoms with Crippen LogP contribution in [0.15, 0.2) is 4.99 Å². The fourth-order valence-corrected chi connectivity index (χ4v) is 2.90. The second kappa shape index (κ2) is 12.3. The molecule has 0 aliphatic heterocycles. The van der Waals surface area contributed by atoms with Gasteiger partial charge in [-0.3, -0.25) is 4.99 Å². The highest BCUT2D eigenvalue weighted by Crippen LogP contribution is 2.49. The predicted octanol–water partition coefficient (Wildman–Crippen LogP) is 2.65. The van der Waals surface area contributed by atoms with Crippen LogP contribution >= 0.6 is 24.0 Å². The van der Waals surface area contributed by atoms with Gasteiger partial charge >= 0.3 is 0 Å². The summed E-state index contributed by atoms with van der Waals surface area (Å²) >= 11 is 0. The lowest BCUT2D eigenvalue weighted by Gasteiger charge is -2.15. The molecule has 0 aromatic carbocycles. The Kier molecular flexibility index (Phi) is 11.2. The first kappa shape index (κ1) is 21.0. The molecule has 5 nitrogen and oxygen atoms in total.